The molecule has 166 valence electrons. The topological polar surface area (TPSA) is 88.8 Å². The Balaban J connectivity index is 1.27. The first-order valence-corrected chi connectivity index (χ1v) is 10.8. The van der Waals surface area contributed by atoms with Crippen molar-refractivity contribution < 1.29 is 18.7 Å². The highest BCUT2D eigenvalue weighted by Gasteiger charge is 2.19. The molecule has 7 nitrogen and oxygen atoms in total. The van der Waals surface area contributed by atoms with Crippen molar-refractivity contribution in [2.75, 3.05) is 19.6 Å². The molecular weight excluding hydrogens is 408 g/mol. The van der Waals surface area contributed by atoms with Gasteiger partial charge in [-0.3, -0.25) is 9.59 Å². The highest BCUT2D eigenvalue weighted by atomic mass is 16.5. The number of aryl methyl sites for hydroxylation is 1. The first-order valence-electron chi connectivity index (χ1n) is 10.8. The number of nitrogens with zero attached hydrogens (tertiary/aromatic N) is 1. The van der Waals surface area contributed by atoms with Gasteiger partial charge >= 0.3 is 5.63 Å². The molecule has 2 heterocycles. The summed E-state index contributed by atoms with van der Waals surface area (Å²) in [5.41, 5.74) is 2.47. The van der Waals surface area contributed by atoms with Gasteiger partial charge in [0.1, 0.15) is 17.9 Å². The largest absolute Gasteiger partial charge is 0.489 e. The van der Waals surface area contributed by atoms with Gasteiger partial charge in [0.15, 0.2) is 0 Å². The van der Waals surface area contributed by atoms with E-state index in [1.807, 2.05) is 36.1 Å². The van der Waals surface area contributed by atoms with Crippen LogP contribution in [-0.4, -0.2) is 36.3 Å². The van der Waals surface area contributed by atoms with Gasteiger partial charge in [-0.05, 0) is 55.2 Å². The highest BCUT2D eigenvalue weighted by molar-refractivity contribution is 5.94. The van der Waals surface area contributed by atoms with Gasteiger partial charge in [0.25, 0.3) is 5.91 Å². The second-order valence-corrected chi connectivity index (χ2v) is 7.99. The van der Waals surface area contributed by atoms with E-state index in [1.54, 1.807) is 18.2 Å². The van der Waals surface area contributed by atoms with Crippen LogP contribution in [0.1, 0.15) is 40.7 Å². The Morgan fingerprint density at radius 2 is 1.94 bits per heavy atom. The van der Waals surface area contributed by atoms with Crippen molar-refractivity contribution >= 4 is 22.8 Å². The average Bonchev–Trinajstić information content (AvgIpc) is 3.19. The number of nitrogens with one attached hydrogen (secondary N) is 1. The molecule has 1 aliphatic rings. The SMILES string of the molecule is Cc1cc(=O)oc2cc(OCc3ccc(C(=O)NCCCN4CCCC4=O)cc3)ccc12. The molecule has 1 aliphatic heterocycles. The van der Waals surface area contributed by atoms with Crippen molar-refractivity contribution in [1.29, 1.82) is 0 Å². The molecular formula is C25H26N2O5. The van der Waals surface area contributed by atoms with Crippen LogP contribution in [0.25, 0.3) is 11.0 Å². The van der Waals surface area contributed by atoms with Gasteiger partial charge in [-0.2, -0.15) is 0 Å². The predicted octanol–water partition coefficient (Wildman–Crippen LogP) is 3.42. The molecule has 2 aromatic carbocycles. The Morgan fingerprint density at radius 1 is 1.12 bits per heavy atom. The van der Waals surface area contributed by atoms with Gasteiger partial charge in [0.2, 0.25) is 5.91 Å². The number of carbonyl (C=O) groups excluding carboxylic acids is 2. The molecule has 0 atom stereocenters. The van der Waals surface area contributed by atoms with E-state index in [-0.39, 0.29) is 17.4 Å². The Kier molecular flexibility index (Phi) is 6.54. The monoisotopic (exact) mass is 434 g/mol. The standard InChI is InChI=1S/C25H26N2O5/c1-17-14-24(29)32-22-15-20(9-10-21(17)22)31-16-18-5-7-19(8-6-18)25(30)26-11-3-13-27-12-2-4-23(27)28/h5-10,14-15H,2-4,11-13,16H2,1H3,(H,26,30). The smallest absolute Gasteiger partial charge is 0.336 e. The summed E-state index contributed by atoms with van der Waals surface area (Å²) in [5.74, 6) is 0.673. The second kappa shape index (κ2) is 9.68. The van der Waals surface area contributed by atoms with Crippen molar-refractivity contribution in [3.05, 3.63) is 75.6 Å². The van der Waals surface area contributed by atoms with Crippen LogP contribution < -0.4 is 15.7 Å². The third kappa shape index (κ3) is 5.17. The molecule has 3 aromatic rings. The molecule has 7 heteroatoms. The van der Waals surface area contributed by atoms with Crippen LogP contribution >= 0.6 is 0 Å². The molecule has 0 bridgehead atoms. The van der Waals surface area contributed by atoms with Gasteiger partial charge in [0.05, 0.1) is 0 Å². The summed E-state index contributed by atoms with van der Waals surface area (Å²) in [6.45, 7) is 4.24. The van der Waals surface area contributed by atoms with Crippen LogP contribution in [0, 0.1) is 6.92 Å². The van der Waals surface area contributed by atoms with E-state index in [0.717, 1.165) is 35.9 Å². The molecule has 1 N–H and O–H groups in total. The van der Waals surface area contributed by atoms with Crippen LogP contribution in [0.2, 0.25) is 0 Å². The first-order chi connectivity index (χ1) is 15.5. The van der Waals surface area contributed by atoms with E-state index < -0.39 is 0 Å². The quantitative estimate of drug-likeness (QED) is 0.434. The maximum absolute atomic E-state index is 12.3. The summed E-state index contributed by atoms with van der Waals surface area (Å²) in [4.78, 5) is 37.3. The fraction of sp³-hybridized carbons (Fsp3) is 0.320. The number of hydrogen-bond donors (Lipinski definition) is 1. The van der Waals surface area contributed by atoms with Crippen molar-refractivity contribution in [2.45, 2.75) is 32.8 Å². The number of benzene rings is 2. The summed E-state index contributed by atoms with van der Waals surface area (Å²) in [6, 6.07) is 14.1. The molecule has 0 unspecified atom stereocenters. The summed E-state index contributed by atoms with van der Waals surface area (Å²) in [7, 11) is 0. The van der Waals surface area contributed by atoms with Gasteiger partial charge in [-0.25, -0.2) is 4.79 Å². The summed E-state index contributed by atoms with van der Waals surface area (Å²) < 4.78 is 11.1. The normalized spacial score (nSPS) is 13.5. The van der Waals surface area contributed by atoms with E-state index >= 15 is 0 Å². The zero-order valence-corrected chi connectivity index (χ0v) is 18.1. The van der Waals surface area contributed by atoms with E-state index in [2.05, 4.69) is 5.32 Å². The van der Waals surface area contributed by atoms with Gasteiger partial charge in [0, 0.05) is 49.1 Å². The number of amides is 2. The van der Waals surface area contributed by atoms with Crippen LogP contribution in [-0.2, 0) is 11.4 Å². The lowest BCUT2D eigenvalue weighted by Crippen LogP contribution is -2.30. The number of fused-ring (bicyclic) bond motifs is 1. The van der Waals surface area contributed by atoms with E-state index in [1.165, 1.54) is 6.07 Å². The van der Waals surface area contributed by atoms with Gasteiger partial charge in [-0.1, -0.05) is 12.1 Å². The minimum Gasteiger partial charge on any atom is -0.489 e. The minimum atomic E-state index is -0.384. The fourth-order valence-electron chi connectivity index (χ4n) is 3.83. The number of ether oxygens (including phenoxy) is 1. The predicted molar refractivity (Wildman–Crippen MR) is 121 cm³/mol. The lowest BCUT2D eigenvalue weighted by atomic mass is 10.1. The van der Waals surface area contributed by atoms with Crippen LogP contribution in [0.15, 0.2) is 57.7 Å². The van der Waals surface area contributed by atoms with Crippen molar-refractivity contribution in [2.24, 2.45) is 0 Å². The third-order valence-electron chi connectivity index (χ3n) is 5.61. The molecule has 0 saturated carbocycles. The molecule has 1 aromatic heterocycles. The van der Waals surface area contributed by atoms with E-state index in [9.17, 15) is 14.4 Å². The Labute approximate surface area is 186 Å². The molecule has 0 spiro atoms. The summed E-state index contributed by atoms with van der Waals surface area (Å²) in [5, 5.41) is 3.77. The third-order valence-corrected chi connectivity index (χ3v) is 5.61. The Morgan fingerprint density at radius 3 is 2.69 bits per heavy atom. The Bertz CT molecular complexity index is 1180. The zero-order chi connectivity index (χ0) is 22.5. The average molecular weight is 434 g/mol. The van der Waals surface area contributed by atoms with Crippen LogP contribution in [0.5, 0.6) is 5.75 Å². The molecule has 32 heavy (non-hydrogen) atoms. The lowest BCUT2D eigenvalue weighted by Gasteiger charge is -2.15. The summed E-state index contributed by atoms with van der Waals surface area (Å²) in [6.07, 6.45) is 2.31. The van der Waals surface area contributed by atoms with Crippen molar-refractivity contribution in [3.8, 4) is 5.75 Å². The zero-order valence-electron chi connectivity index (χ0n) is 18.1. The van der Waals surface area contributed by atoms with Crippen LogP contribution in [0.4, 0.5) is 0 Å². The lowest BCUT2D eigenvalue weighted by molar-refractivity contribution is -0.127. The van der Waals surface area contributed by atoms with E-state index in [0.29, 0.717) is 43.0 Å². The van der Waals surface area contributed by atoms with Crippen molar-refractivity contribution in [1.82, 2.24) is 10.2 Å². The maximum Gasteiger partial charge on any atom is 0.336 e. The number of hydrogen-bond acceptors (Lipinski definition) is 5. The molecule has 1 saturated heterocycles. The number of likely N-dealkylation sites (tertiary alicyclic amines) is 1. The van der Waals surface area contributed by atoms with Gasteiger partial charge in [-0.15, -0.1) is 0 Å². The fourth-order valence-corrected chi connectivity index (χ4v) is 3.83. The van der Waals surface area contributed by atoms with Crippen molar-refractivity contribution in [3.63, 3.8) is 0 Å². The van der Waals surface area contributed by atoms with Gasteiger partial charge < -0.3 is 19.4 Å². The molecule has 4 rings (SSSR count). The maximum atomic E-state index is 12.3. The van der Waals surface area contributed by atoms with E-state index in [4.69, 9.17) is 9.15 Å². The molecule has 0 aliphatic carbocycles. The number of carbonyl (C=O) groups is 2. The molecule has 0 radical (unpaired) electrons. The first kappa shape index (κ1) is 21.6. The number of rotatable bonds is 8. The summed E-state index contributed by atoms with van der Waals surface area (Å²) >= 11 is 0. The molecule has 2 amide bonds. The minimum absolute atomic E-state index is 0.134. The molecule has 1 fully saturated rings. The second-order valence-electron chi connectivity index (χ2n) is 7.99. The highest BCUT2D eigenvalue weighted by Crippen LogP contribution is 2.23. The van der Waals surface area contributed by atoms with Crippen LogP contribution in [0.3, 0.4) is 0 Å². The Hall–Kier alpha value is -3.61.